The van der Waals surface area contributed by atoms with E-state index in [4.69, 9.17) is 9.47 Å². The van der Waals surface area contributed by atoms with Crippen LogP contribution in [0.5, 0.6) is 0 Å². The van der Waals surface area contributed by atoms with Gasteiger partial charge in [-0.05, 0) is 6.08 Å². The van der Waals surface area contributed by atoms with Gasteiger partial charge in [0.05, 0.1) is 6.61 Å². The van der Waals surface area contributed by atoms with E-state index in [0.29, 0.717) is 18.5 Å². The fourth-order valence-corrected chi connectivity index (χ4v) is 1.16. The topological polar surface area (TPSA) is 52.6 Å². The summed E-state index contributed by atoms with van der Waals surface area (Å²) in [6.45, 7) is 0.307. The summed E-state index contributed by atoms with van der Waals surface area (Å²) in [5.41, 5.74) is 0.378. The zero-order valence-electron chi connectivity index (χ0n) is 5.65. The van der Waals surface area contributed by atoms with Gasteiger partial charge in [0.1, 0.15) is 12.4 Å². The zero-order chi connectivity index (χ0) is 7.84. The minimum absolute atomic E-state index is 0.277. The smallest absolute Gasteiger partial charge is 0.222 e. The molecule has 2 rings (SSSR count). The standard InChI is InChI=1S/C7H6O4/c8-2-4-1-5(9)7-10-3-6(4)11-7/h1-2,6-7H,3H2/t6-,7-/m1/s1. The van der Waals surface area contributed by atoms with Crippen molar-refractivity contribution in [2.45, 2.75) is 12.4 Å². The van der Waals surface area contributed by atoms with Crippen LogP contribution >= 0.6 is 0 Å². The third-order valence-electron chi connectivity index (χ3n) is 1.74. The van der Waals surface area contributed by atoms with Gasteiger partial charge in [0, 0.05) is 5.57 Å². The molecule has 0 saturated carbocycles. The summed E-state index contributed by atoms with van der Waals surface area (Å²) < 4.78 is 9.98. The van der Waals surface area contributed by atoms with Gasteiger partial charge in [-0.2, -0.15) is 0 Å². The molecule has 0 radical (unpaired) electrons. The van der Waals surface area contributed by atoms with Gasteiger partial charge in [-0.25, -0.2) is 0 Å². The van der Waals surface area contributed by atoms with Gasteiger partial charge in [0.15, 0.2) is 0 Å². The monoisotopic (exact) mass is 154 g/mol. The van der Waals surface area contributed by atoms with E-state index < -0.39 is 6.29 Å². The van der Waals surface area contributed by atoms with Gasteiger partial charge in [-0.3, -0.25) is 9.59 Å². The second-order valence-electron chi connectivity index (χ2n) is 2.45. The molecule has 0 amide bonds. The molecule has 2 aliphatic heterocycles. The maximum absolute atomic E-state index is 10.9. The number of ketones is 1. The predicted molar refractivity (Wildman–Crippen MR) is 33.8 cm³/mol. The zero-order valence-corrected chi connectivity index (χ0v) is 5.65. The van der Waals surface area contributed by atoms with Crippen molar-refractivity contribution in [1.29, 1.82) is 0 Å². The lowest BCUT2D eigenvalue weighted by molar-refractivity contribution is -0.142. The Hall–Kier alpha value is -1.00. The fourth-order valence-electron chi connectivity index (χ4n) is 1.16. The molecule has 2 heterocycles. The molecule has 1 fully saturated rings. The number of rotatable bonds is 1. The molecule has 11 heavy (non-hydrogen) atoms. The third-order valence-corrected chi connectivity index (χ3v) is 1.74. The Labute approximate surface area is 62.8 Å². The van der Waals surface area contributed by atoms with Gasteiger partial charge < -0.3 is 9.47 Å². The van der Waals surface area contributed by atoms with Crippen LogP contribution in [0.1, 0.15) is 0 Å². The second kappa shape index (κ2) is 2.25. The number of hydrogen-bond acceptors (Lipinski definition) is 4. The molecular formula is C7H6O4. The first-order valence-electron chi connectivity index (χ1n) is 3.29. The van der Waals surface area contributed by atoms with E-state index in [1.807, 2.05) is 0 Å². The van der Waals surface area contributed by atoms with Gasteiger partial charge >= 0.3 is 0 Å². The lowest BCUT2D eigenvalue weighted by atomic mass is 10.1. The Balaban J connectivity index is 2.34. The van der Waals surface area contributed by atoms with Crippen LogP contribution in [0.25, 0.3) is 0 Å². The Morgan fingerprint density at radius 3 is 3.18 bits per heavy atom. The van der Waals surface area contributed by atoms with E-state index in [0.717, 1.165) is 0 Å². The summed E-state index contributed by atoms with van der Waals surface area (Å²) in [6, 6.07) is 0. The number of ether oxygens (including phenoxy) is 2. The van der Waals surface area contributed by atoms with Crippen molar-refractivity contribution in [3.05, 3.63) is 11.6 Å². The van der Waals surface area contributed by atoms with Gasteiger partial charge in [-0.1, -0.05) is 0 Å². The maximum Gasteiger partial charge on any atom is 0.222 e. The molecule has 0 spiro atoms. The largest absolute Gasteiger partial charge is 0.343 e. The second-order valence-corrected chi connectivity index (χ2v) is 2.45. The van der Waals surface area contributed by atoms with E-state index in [9.17, 15) is 9.59 Å². The average molecular weight is 154 g/mol. The predicted octanol–water partition coefficient (Wildman–Crippen LogP) is -0.564. The lowest BCUT2D eigenvalue weighted by Gasteiger charge is -2.13. The molecular weight excluding hydrogens is 148 g/mol. The van der Waals surface area contributed by atoms with Crippen molar-refractivity contribution in [2.75, 3.05) is 6.61 Å². The van der Waals surface area contributed by atoms with Gasteiger partial charge in [0.2, 0.25) is 12.1 Å². The molecule has 2 aliphatic rings. The third kappa shape index (κ3) is 0.911. The molecule has 0 aromatic rings. The van der Waals surface area contributed by atoms with Gasteiger partial charge in [0.25, 0.3) is 0 Å². The minimum atomic E-state index is -0.760. The van der Waals surface area contributed by atoms with Crippen LogP contribution in [0.4, 0.5) is 0 Å². The van der Waals surface area contributed by atoms with E-state index in [1.165, 1.54) is 6.08 Å². The SMILES string of the molecule is O=CC1=CC(=O)[C@@H]2OC[C@H]1O2. The van der Waals surface area contributed by atoms with Crippen molar-refractivity contribution in [3.8, 4) is 0 Å². The molecule has 2 atom stereocenters. The fraction of sp³-hybridized carbons (Fsp3) is 0.429. The number of hydrogen-bond donors (Lipinski definition) is 0. The highest BCUT2D eigenvalue weighted by atomic mass is 16.7. The number of fused-ring (bicyclic) bond motifs is 2. The summed E-state index contributed by atoms with van der Waals surface area (Å²) in [5.74, 6) is -0.277. The molecule has 4 nitrogen and oxygen atoms in total. The first kappa shape index (κ1) is 6.69. The molecule has 58 valence electrons. The summed E-state index contributed by atoms with van der Waals surface area (Å²) in [7, 11) is 0. The number of aldehydes is 1. The van der Waals surface area contributed by atoms with E-state index in [2.05, 4.69) is 0 Å². The highest BCUT2D eigenvalue weighted by Gasteiger charge is 2.37. The molecule has 2 bridgehead atoms. The van der Waals surface area contributed by atoms with Crippen LogP contribution < -0.4 is 0 Å². The van der Waals surface area contributed by atoms with Crippen LogP contribution in [0.2, 0.25) is 0 Å². The van der Waals surface area contributed by atoms with Crippen molar-refractivity contribution >= 4 is 12.1 Å². The first-order valence-corrected chi connectivity index (χ1v) is 3.29. The first-order chi connectivity index (χ1) is 5.31. The summed E-state index contributed by atoms with van der Waals surface area (Å²) >= 11 is 0. The Morgan fingerprint density at radius 1 is 1.64 bits per heavy atom. The summed E-state index contributed by atoms with van der Waals surface area (Å²) in [6.07, 6.45) is 0.839. The molecule has 0 aliphatic carbocycles. The van der Waals surface area contributed by atoms with Crippen LogP contribution in [0.3, 0.4) is 0 Å². The Bertz CT molecular complexity index is 243. The highest BCUT2D eigenvalue weighted by molar-refractivity contribution is 5.99. The number of carbonyl (C=O) groups is 2. The summed E-state index contributed by atoms with van der Waals surface area (Å²) in [5, 5.41) is 0. The normalized spacial score (nSPS) is 35.3. The molecule has 1 saturated heterocycles. The lowest BCUT2D eigenvalue weighted by Crippen LogP contribution is -2.27. The highest BCUT2D eigenvalue weighted by Crippen LogP contribution is 2.23. The average Bonchev–Trinajstić information content (AvgIpc) is 2.43. The van der Waals surface area contributed by atoms with Crippen LogP contribution in [-0.2, 0) is 19.1 Å². The van der Waals surface area contributed by atoms with Gasteiger partial charge in [-0.15, -0.1) is 0 Å². The van der Waals surface area contributed by atoms with Crippen molar-refractivity contribution in [1.82, 2.24) is 0 Å². The molecule has 0 aromatic heterocycles. The Morgan fingerprint density at radius 2 is 2.45 bits per heavy atom. The molecule has 0 unspecified atom stereocenters. The summed E-state index contributed by atoms with van der Waals surface area (Å²) in [4.78, 5) is 21.3. The van der Waals surface area contributed by atoms with E-state index >= 15 is 0 Å². The van der Waals surface area contributed by atoms with Crippen molar-refractivity contribution in [3.63, 3.8) is 0 Å². The molecule has 0 aromatic carbocycles. The van der Waals surface area contributed by atoms with Crippen molar-refractivity contribution in [2.24, 2.45) is 0 Å². The molecule has 0 N–H and O–H groups in total. The van der Waals surface area contributed by atoms with Crippen molar-refractivity contribution < 1.29 is 19.1 Å². The Kier molecular flexibility index (Phi) is 1.37. The van der Waals surface area contributed by atoms with Crippen LogP contribution in [0.15, 0.2) is 11.6 Å². The van der Waals surface area contributed by atoms with E-state index in [1.54, 1.807) is 0 Å². The maximum atomic E-state index is 10.9. The minimum Gasteiger partial charge on any atom is -0.343 e. The van der Waals surface area contributed by atoms with Crippen LogP contribution in [0, 0.1) is 0 Å². The quantitative estimate of drug-likeness (QED) is 0.475. The van der Waals surface area contributed by atoms with Crippen LogP contribution in [-0.4, -0.2) is 31.1 Å². The molecule has 4 heteroatoms. The van der Waals surface area contributed by atoms with E-state index in [-0.39, 0.29) is 11.9 Å². The number of carbonyl (C=O) groups excluding carboxylic acids is 2.